The molecule has 0 amide bonds. The van der Waals surface area contributed by atoms with Crippen LogP contribution in [0.1, 0.15) is 27.7 Å². The van der Waals surface area contributed by atoms with Gasteiger partial charge in [-0.1, -0.05) is 48.0 Å². The average molecular weight is 400 g/mol. The van der Waals surface area contributed by atoms with Gasteiger partial charge in [-0.2, -0.15) is 4.73 Å². The lowest BCUT2D eigenvalue weighted by Gasteiger charge is -2.13. The average Bonchev–Trinajstić information content (AvgIpc) is 2.71. The first-order chi connectivity index (χ1) is 13.5. The Bertz CT molecular complexity index is 949. The van der Waals surface area contributed by atoms with Crippen LogP contribution in [0.15, 0.2) is 72.9 Å². The number of hydrogen-bond acceptors (Lipinski definition) is 5. The maximum Gasteiger partial charge on any atom is 0.338 e. The van der Waals surface area contributed by atoms with Crippen molar-refractivity contribution >= 4 is 17.6 Å². The largest absolute Gasteiger partial charge is 0.618 e. The van der Waals surface area contributed by atoms with Crippen molar-refractivity contribution in [1.82, 2.24) is 0 Å². The Morgan fingerprint density at radius 2 is 1.89 bits per heavy atom. The Balaban J connectivity index is 1.57. The van der Waals surface area contributed by atoms with Crippen LogP contribution in [0.2, 0.25) is 5.02 Å². The highest BCUT2D eigenvalue weighted by atomic mass is 35.5. The number of halogens is 1. The summed E-state index contributed by atoms with van der Waals surface area (Å²) >= 11 is 5.83. The van der Waals surface area contributed by atoms with Gasteiger partial charge in [0.25, 0.3) is 0 Å². The first kappa shape index (κ1) is 19.7. The van der Waals surface area contributed by atoms with Crippen LogP contribution in [0.3, 0.4) is 0 Å². The molecule has 1 N–H and O–H groups in total. The van der Waals surface area contributed by atoms with Gasteiger partial charge in [0.1, 0.15) is 13.2 Å². The summed E-state index contributed by atoms with van der Waals surface area (Å²) in [4.78, 5) is 12.0. The Labute approximate surface area is 167 Å². The molecule has 6 nitrogen and oxygen atoms in total. The molecule has 7 heteroatoms. The molecule has 0 radical (unpaired) electrons. The molecule has 0 spiro atoms. The van der Waals surface area contributed by atoms with E-state index in [1.807, 2.05) is 30.3 Å². The summed E-state index contributed by atoms with van der Waals surface area (Å²) in [5, 5.41) is 22.8. The molecule has 0 saturated carbocycles. The number of carbonyl (C=O) groups is 1. The quantitative estimate of drug-likeness (QED) is 0.374. The smallest absolute Gasteiger partial charge is 0.338 e. The SMILES string of the molecule is O=C(OCC(O)c1ccc(OCc2ccccc2)c[n+]1[O-])c1cccc(Cl)c1. The number of nitrogens with zero attached hydrogens (tertiary/aromatic N) is 1. The van der Waals surface area contributed by atoms with Crippen molar-refractivity contribution < 1.29 is 24.1 Å². The zero-order valence-corrected chi connectivity index (χ0v) is 15.6. The second-order valence-corrected chi connectivity index (χ2v) is 6.45. The van der Waals surface area contributed by atoms with Gasteiger partial charge in [0.2, 0.25) is 11.9 Å². The molecule has 3 aromatic rings. The lowest BCUT2D eigenvalue weighted by molar-refractivity contribution is -0.619. The van der Waals surface area contributed by atoms with Crippen LogP contribution in [-0.2, 0) is 11.3 Å². The van der Waals surface area contributed by atoms with E-state index in [1.54, 1.807) is 24.3 Å². The fourth-order valence-electron chi connectivity index (χ4n) is 2.50. The summed E-state index contributed by atoms with van der Waals surface area (Å²) in [7, 11) is 0. The zero-order valence-electron chi connectivity index (χ0n) is 14.8. The molecule has 144 valence electrons. The third-order valence-corrected chi connectivity index (χ3v) is 4.17. The van der Waals surface area contributed by atoms with Gasteiger partial charge >= 0.3 is 5.97 Å². The maximum absolute atomic E-state index is 12.2. The van der Waals surface area contributed by atoms with Crippen molar-refractivity contribution in [2.45, 2.75) is 12.7 Å². The first-order valence-electron chi connectivity index (χ1n) is 8.53. The topological polar surface area (TPSA) is 82.7 Å². The van der Waals surface area contributed by atoms with E-state index in [-0.39, 0.29) is 17.9 Å². The fraction of sp³-hybridized carbons (Fsp3) is 0.143. The molecule has 0 saturated heterocycles. The summed E-state index contributed by atoms with van der Waals surface area (Å²) in [6.07, 6.45) is -0.0517. The molecule has 1 atom stereocenters. The normalized spacial score (nSPS) is 11.6. The molecule has 2 aromatic carbocycles. The van der Waals surface area contributed by atoms with Gasteiger partial charge in [0.15, 0.2) is 11.9 Å². The fourth-order valence-corrected chi connectivity index (χ4v) is 2.69. The van der Waals surface area contributed by atoms with Crippen molar-refractivity contribution in [3.63, 3.8) is 0 Å². The zero-order chi connectivity index (χ0) is 19.9. The minimum atomic E-state index is -1.27. The van der Waals surface area contributed by atoms with Crippen LogP contribution < -0.4 is 9.47 Å². The van der Waals surface area contributed by atoms with Gasteiger partial charge in [0, 0.05) is 11.1 Å². The van der Waals surface area contributed by atoms with E-state index in [0.717, 1.165) is 5.56 Å². The van der Waals surface area contributed by atoms with Gasteiger partial charge in [-0.3, -0.25) is 0 Å². The number of esters is 1. The molecular weight excluding hydrogens is 382 g/mol. The van der Waals surface area contributed by atoms with Gasteiger partial charge < -0.3 is 19.8 Å². The monoisotopic (exact) mass is 399 g/mol. The minimum absolute atomic E-state index is 0.0472. The van der Waals surface area contributed by atoms with Gasteiger partial charge in [0.05, 0.1) is 5.56 Å². The number of aliphatic hydroxyl groups is 1. The number of carbonyl (C=O) groups excluding carboxylic acids is 1. The van der Waals surface area contributed by atoms with Crippen LogP contribution in [0.5, 0.6) is 5.75 Å². The molecule has 28 heavy (non-hydrogen) atoms. The predicted octanol–water partition coefficient (Wildman–Crippen LogP) is 3.44. The highest BCUT2D eigenvalue weighted by molar-refractivity contribution is 6.30. The van der Waals surface area contributed by atoms with E-state index in [0.29, 0.717) is 22.1 Å². The van der Waals surface area contributed by atoms with E-state index in [1.165, 1.54) is 18.3 Å². The van der Waals surface area contributed by atoms with Crippen molar-refractivity contribution in [1.29, 1.82) is 0 Å². The van der Waals surface area contributed by atoms with Gasteiger partial charge in [-0.05, 0) is 29.8 Å². The number of hydrogen-bond donors (Lipinski definition) is 1. The van der Waals surface area contributed by atoms with Crippen molar-refractivity contribution in [2.24, 2.45) is 0 Å². The third-order valence-electron chi connectivity index (χ3n) is 3.94. The Morgan fingerprint density at radius 3 is 2.61 bits per heavy atom. The van der Waals surface area contributed by atoms with E-state index < -0.39 is 12.1 Å². The van der Waals surface area contributed by atoms with Crippen molar-refractivity contribution in [2.75, 3.05) is 6.61 Å². The number of pyridine rings is 1. The number of benzene rings is 2. The molecule has 0 aliphatic rings. The van der Waals surface area contributed by atoms with Gasteiger partial charge in [-0.25, -0.2) is 4.79 Å². The second-order valence-electron chi connectivity index (χ2n) is 6.01. The standard InChI is InChI=1S/C21H18ClNO5/c22-17-8-4-7-16(11-17)21(25)28-14-20(24)19-10-9-18(12-23(19)26)27-13-15-5-2-1-3-6-15/h1-12,20,24H,13-14H2. The van der Waals surface area contributed by atoms with Crippen molar-refractivity contribution in [3.8, 4) is 5.75 Å². The minimum Gasteiger partial charge on any atom is -0.618 e. The van der Waals surface area contributed by atoms with Crippen molar-refractivity contribution in [3.05, 3.63) is 100.0 Å². The van der Waals surface area contributed by atoms with Crippen LogP contribution in [0.4, 0.5) is 0 Å². The number of ether oxygens (including phenoxy) is 2. The molecule has 0 bridgehead atoms. The van der Waals surface area contributed by atoms with Crippen LogP contribution in [0, 0.1) is 5.21 Å². The molecule has 3 rings (SSSR count). The van der Waals surface area contributed by atoms with E-state index in [4.69, 9.17) is 21.1 Å². The Kier molecular flexibility index (Phi) is 6.47. The number of aromatic nitrogens is 1. The maximum atomic E-state index is 12.2. The summed E-state index contributed by atoms with van der Waals surface area (Å²) in [5.41, 5.74) is 1.28. The van der Waals surface area contributed by atoms with Crippen LogP contribution in [-0.4, -0.2) is 17.7 Å². The number of aliphatic hydroxyl groups excluding tert-OH is 1. The van der Waals surface area contributed by atoms with Crippen LogP contribution in [0.25, 0.3) is 0 Å². The molecule has 1 heterocycles. The Hall–Kier alpha value is -3.09. The lowest BCUT2D eigenvalue weighted by Crippen LogP contribution is -2.34. The van der Waals surface area contributed by atoms with E-state index >= 15 is 0 Å². The molecule has 0 aliphatic heterocycles. The summed E-state index contributed by atoms with van der Waals surface area (Å²) in [6, 6.07) is 18.8. The third kappa shape index (κ3) is 5.22. The molecule has 0 fully saturated rings. The molecule has 0 aliphatic carbocycles. The van der Waals surface area contributed by atoms with E-state index in [2.05, 4.69) is 0 Å². The lowest BCUT2D eigenvalue weighted by atomic mass is 10.2. The Morgan fingerprint density at radius 1 is 1.11 bits per heavy atom. The highest BCUT2D eigenvalue weighted by Gasteiger charge is 2.20. The highest BCUT2D eigenvalue weighted by Crippen LogP contribution is 2.16. The van der Waals surface area contributed by atoms with E-state index in [9.17, 15) is 15.1 Å². The molecule has 1 unspecified atom stereocenters. The molecular formula is C21H18ClNO5. The predicted molar refractivity (Wildman–Crippen MR) is 103 cm³/mol. The summed E-state index contributed by atoms with van der Waals surface area (Å²) < 4.78 is 11.1. The molecule has 1 aromatic heterocycles. The van der Waals surface area contributed by atoms with Crippen LogP contribution >= 0.6 is 11.6 Å². The summed E-state index contributed by atoms with van der Waals surface area (Å²) in [5.74, 6) is -0.271. The first-order valence-corrected chi connectivity index (χ1v) is 8.91. The second kappa shape index (κ2) is 9.21. The number of rotatable bonds is 7. The van der Waals surface area contributed by atoms with Gasteiger partial charge in [-0.15, -0.1) is 0 Å². The summed E-state index contributed by atoms with van der Waals surface area (Å²) in [6.45, 7) is -0.0439.